The van der Waals surface area contributed by atoms with Crippen molar-refractivity contribution in [3.05, 3.63) is 47.3 Å². The summed E-state index contributed by atoms with van der Waals surface area (Å²) in [5.74, 6) is 0.662. The number of hydrogen-bond donors (Lipinski definition) is 1. The fourth-order valence-electron chi connectivity index (χ4n) is 2.85. The van der Waals surface area contributed by atoms with Crippen LogP contribution in [-0.4, -0.2) is 46.8 Å². The van der Waals surface area contributed by atoms with E-state index in [4.69, 9.17) is 4.74 Å². The molecule has 6 nitrogen and oxygen atoms in total. The SMILES string of the molecule is CCN(CC)CCCNC(=O)c1ccn(COc2cc(C)cc(C)c2)n1. The fraction of sp³-hybridized carbons (Fsp3) is 0.500. The lowest BCUT2D eigenvalue weighted by atomic mass is 10.1. The van der Waals surface area contributed by atoms with Gasteiger partial charge in [-0.15, -0.1) is 0 Å². The zero-order valence-corrected chi connectivity index (χ0v) is 16.3. The Hall–Kier alpha value is -2.34. The Morgan fingerprint density at radius 2 is 1.88 bits per heavy atom. The molecule has 2 aromatic rings. The molecule has 1 heterocycles. The molecule has 0 saturated carbocycles. The highest BCUT2D eigenvalue weighted by Crippen LogP contribution is 2.16. The molecule has 0 aliphatic carbocycles. The molecule has 2 rings (SSSR count). The summed E-state index contributed by atoms with van der Waals surface area (Å²) < 4.78 is 7.39. The Labute approximate surface area is 156 Å². The van der Waals surface area contributed by atoms with Crippen molar-refractivity contribution in [3.8, 4) is 5.75 Å². The normalized spacial score (nSPS) is 11.0. The van der Waals surface area contributed by atoms with Crippen molar-refractivity contribution in [3.63, 3.8) is 0 Å². The summed E-state index contributed by atoms with van der Waals surface area (Å²) in [4.78, 5) is 14.5. The van der Waals surface area contributed by atoms with Gasteiger partial charge in [-0.3, -0.25) is 4.79 Å². The number of aromatic nitrogens is 2. The molecule has 142 valence electrons. The molecular formula is C20H30N4O2. The molecule has 0 fully saturated rings. The number of benzene rings is 1. The van der Waals surface area contributed by atoms with Crippen LogP contribution in [-0.2, 0) is 6.73 Å². The Morgan fingerprint density at radius 3 is 2.54 bits per heavy atom. The van der Waals surface area contributed by atoms with Crippen LogP contribution in [0, 0.1) is 13.8 Å². The van der Waals surface area contributed by atoms with E-state index in [2.05, 4.69) is 35.2 Å². The van der Waals surface area contributed by atoms with E-state index in [1.807, 2.05) is 26.0 Å². The number of carbonyl (C=O) groups is 1. The van der Waals surface area contributed by atoms with Crippen molar-refractivity contribution in [1.29, 1.82) is 0 Å². The van der Waals surface area contributed by atoms with Gasteiger partial charge in [0.25, 0.3) is 5.91 Å². The number of amides is 1. The lowest BCUT2D eigenvalue weighted by Gasteiger charge is -2.17. The van der Waals surface area contributed by atoms with E-state index in [1.165, 1.54) is 0 Å². The fourth-order valence-corrected chi connectivity index (χ4v) is 2.85. The van der Waals surface area contributed by atoms with E-state index in [0.717, 1.165) is 42.9 Å². The number of rotatable bonds is 10. The van der Waals surface area contributed by atoms with Crippen molar-refractivity contribution < 1.29 is 9.53 Å². The summed E-state index contributed by atoms with van der Waals surface area (Å²) in [5, 5.41) is 7.21. The van der Waals surface area contributed by atoms with Crippen molar-refractivity contribution in [2.24, 2.45) is 0 Å². The van der Waals surface area contributed by atoms with E-state index >= 15 is 0 Å². The predicted molar refractivity (Wildman–Crippen MR) is 104 cm³/mol. The predicted octanol–water partition coefficient (Wildman–Crippen LogP) is 3.00. The van der Waals surface area contributed by atoms with Gasteiger partial charge in [-0.05, 0) is 69.2 Å². The largest absolute Gasteiger partial charge is 0.471 e. The van der Waals surface area contributed by atoms with Gasteiger partial charge >= 0.3 is 0 Å². The average molecular weight is 358 g/mol. The Balaban J connectivity index is 1.78. The third kappa shape index (κ3) is 6.19. The maximum atomic E-state index is 12.2. The average Bonchev–Trinajstić information content (AvgIpc) is 3.08. The van der Waals surface area contributed by atoms with E-state index in [1.54, 1.807) is 16.9 Å². The van der Waals surface area contributed by atoms with Crippen molar-refractivity contribution in [2.75, 3.05) is 26.2 Å². The number of nitrogens with zero attached hydrogens (tertiary/aromatic N) is 3. The van der Waals surface area contributed by atoms with Crippen molar-refractivity contribution in [1.82, 2.24) is 20.0 Å². The maximum Gasteiger partial charge on any atom is 0.271 e. The van der Waals surface area contributed by atoms with Crippen LogP contribution in [0.5, 0.6) is 5.75 Å². The molecule has 1 N–H and O–H groups in total. The van der Waals surface area contributed by atoms with E-state index in [9.17, 15) is 4.79 Å². The molecule has 0 aliphatic rings. The van der Waals surface area contributed by atoms with Crippen molar-refractivity contribution in [2.45, 2.75) is 40.8 Å². The Kier molecular flexibility index (Phi) is 7.66. The van der Waals surface area contributed by atoms with Gasteiger partial charge in [0.15, 0.2) is 6.73 Å². The second-order valence-corrected chi connectivity index (χ2v) is 6.47. The molecule has 0 atom stereocenters. The van der Waals surface area contributed by atoms with E-state index < -0.39 is 0 Å². The zero-order valence-electron chi connectivity index (χ0n) is 16.3. The molecule has 0 unspecified atom stereocenters. The van der Waals surface area contributed by atoms with E-state index in [-0.39, 0.29) is 12.6 Å². The summed E-state index contributed by atoms with van der Waals surface area (Å²) >= 11 is 0. The molecule has 0 bridgehead atoms. The number of carbonyl (C=O) groups excluding carboxylic acids is 1. The minimum atomic E-state index is -0.144. The zero-order chi connectivity index (χ0) is 18.9. The summed E-state index contributed by atoms with van der Waals surface area (Å²) in [7, 11) is 0. The van der Waals surface area contributed by atoms with Crippen LogP contribution in [0.2, 0.25) is 0 Å². The van der Waals surface area contributed by atoms with Crippen LogP contribution in [0.4, 0.5) is 0 Å². The van der Waals surface area contributed by atoms with Crippen LogP contribution < -0.4 is 10.1 Å². The molecule has 6 heteroatoms. The number of hydrogen-bond acceptors (Lipinski definition) is 4. The van der Waals surface area contributed by atoms with Gasteiger partial charge in [0, 0.05) is 12.7 Å². The van der Waals surface area contributed by atoms with Crippen LogP contribution in [0.25, 0.3) is 0 Å². The van der Waals surface area contributed by atoms with Crippen LogP contribution in [0.3, 0.4) is 0 Å². The first-order valence-electron chi connectivity index (χ1n) is 9.27. The third-order valence-corrected chi connectivity index (χ3v) is 4.26. The van der Waals surface area contributed by atoms with Gasteiger partial charge in [-0.1, -0.05) is 19.9 Å². The molecule has 1 amide bonds. The summed E-state index contributed by atoms with van der Waals surface area (Å²) in [6.07, 6.45) is 2.69. The minimum absolute atomic E-state index is 0.144. The quantitative estimate of drug-likeness (QED) is 0.663. The minimum Gasteiger partial charge on any atom is -0.471 e. The van der Waals surface area contributed by atoms with Gasteiger partial charge in [-0.2, -0.15) is 5.10 Å². The molecule has 26 heavy (non-hydrogen) atoms. The molecule has 1 aromatic heterocycles. The van der Waals surface area contributed by atoms with Crippen LogP contribution in [0.1, 0.15) is 41.9 Å². The Bertz CT molecular complexity index is 687. The monoisotopic (exact) mass is 358 g/mol. The highest BCUT2D eigenvalue weighted by atomic mass is 16.5. The molecule has 0 saturated heterocycles. The topological polar surface area (TPSA) is 59.4 Å². The van der Waals surface area contributed by atoms with Crippen LogP contribution >= 0.6 is 0 Å². The maximum absolute atomic E-state index is 12.2. The smallest absolute Gasteiger partial charge is 0.271 e. The van der Waals surface area contributed by atoms with Gasteiger partial charge < -0.3 is 15.0 Å². The summed E-state index contributed by atoms with van der Waals surface area (Å²) in [5.41, 5.74) is 2.73. The second-order valence-electron chi connectivity index (χ2n) is 6.47. The molecule has 1 aromatic carbocycles. The third-order valence-electron chi connectivity index (χ3n) is 4.26. The van der Waals surface area contributed by atoms with E-state index in [0.29, 0.717) is 12.2 Å². The Morgan fingerprint density at radius 1 is 1.19 bits per heavy atom. The van der Waals surface area contributed by atoms with Crippen molar-refractivity contribution >= 4 is 5.91 Å². The number of ether oxygens (including phenoxy) is 1. The number of aryl methyl sites for hydroxylation is 2. The second kappa shape index (κ2) is 9.97. The summed E-state index contributed by atoms with van der Waals surface area (Å²) in [6.45, 7) is 12.4. The van der Waals surface area contributed by atoms with Gasteiger partial charge in [-0.25, -0.2) is 4.68 Å². The standard InChI is InChI=1S/C20H30N4O2/c1-5-23(6-2)10-7-9-21-20(25)19-8-11-24(22-19)15-26-18-13-16(3)12-17(4)14-18/h8,11-14H,5-7,9-10,15H2,1-4H3,(H,21,25). The molecule has 0 spiro atoms. The first kappa shape index (κ1) is 20.0. The summed E-state index contributed by atoms with van der Waals surface area (Å²) in [6, 6.07) is 7.79. The molecule has 0 aliphatic heterocycles. The highest BCUT2D eigenvalue weighted by molar-refractivity contribution is 5.92. The first-order chi connectivity index (χ1) is 12.5. The molecular weight excluding hydrogens is 328 g/mol. The van der Waals surface area contributed by atoms with Crippen LogP contribution in [0.15, 0.2) is 30.5 Å². The highest BCUT2D eigenvalue weighted by Gasteiger charge is 2.09. The lowest BCUT2D eigenvalue weighted by Crippen LogP contribution is -2.30. The number of nitrogens with one attached hydrogen (secondary N) is 1. The van der Waals surface area contributed by atoms with Gasteiger partial charge in [0.2, 0.25) is 0 Å². The lowest BCUT2D eigenvalue weighted by molar-refractivity contribution is 0.0945. The first-order valence-corrected chi connectivity index (χ1v) is 9.27. The molecule has 0 radical (unpaired) electrons. The van der Waals surface area contributed by atoms with Gasteiger partial charge in [0.05, 0.1) is 0 Å². The van der Waals surface area contributed by atoms with Gasteiger partial charge in [0.1, 0.15) is 11.4 Å².